The maximum absolute atomic E-state index is 4.60. The predicted molar refractivity (Wildman–Crippen MR) is 73.1 cm³/mol. The van der Waals surface area contributed by atoms with Crippen LogP contribution in [0, 0.1) is 0 Å². The van der Waals surface area contributed by atoms with Gasteiger partial charge in [-0.2, -0.15) is 4.37 Å². The maximum atomic E-state index is 4.60. The van der Waals surface area contributed by atoms with Crippen LogP contribution < -0.4 is 4.90 Å². The molecule has 0 bridgehead atoms. The Morgan fingerprint density at radius 1 is 1.39 bits per heavy atom. The van der Waals surface area contributed by atoms with Crippen LogP contribution in [0.3, 0.4) is 0 Å². The Labute approximate surface area is 111 Å². The summed E-state index contributed by atoms with van der Waals surface area (Å²) in [5, 5.41) is 1.02. The molecule has 18 heavy (non-hydrogen) atoms. The summed E-state index contributed by atoms with van der Waals surface area (Å²) in [5.74, 6) is 1.68. The molecular formula is C13H16N4S. The van der Waals surface area contributed by atoms with Gasteiger partial charge in [0.25, 0.3) is 0 Å². The summed E-state index contributed by atoms with van der Waals surface area (Å²) in [5.41, 5.74) is 1.12. The molecule has 2 aromatic rings. The van der Waals surface area contributed by atoms with E-state index in [1.807, 2.05) is 18.3 Å². The number of hydrogen-bond donors (Lipinski definition) is 0. The van der Waals surface area contributed by atoms with E-state index >= 15 is 0 Å². The van der Waals surface area contributed by atoms with Gasteiger partial charge in [0.05, 0.1) is 0 Å². The van der Waals surface area contributed by atoms with E-state index in [2.05, 4.69) is 32.4 Å². The highest BCUT2D eigenvalue weighted by Gasteiger charge is 2.28. The van der Waals surface area contributed by atoms with Crippen LogP contribution in [-0.4, -0.2) is 27.9 Å². The predicted octanol–water partition coefficient (Wildman–Crippen LogP) is 2.49. The van der Waals surface area contributed by atoms with Crippen LogP contribution in [-0.2, 0) is 6.42 Å². The molecule has 0 aromatic carbocycles. The Balaban J connectivity index is 1.58. The van der Waals surface area contributed by atoms with E-state index in [1.54, 1.807) is 0 Å². The van der Waals surface area contributed by atoms with Crippen molar-refractivity contribution in [3.8, 4) is 0 Å². The molecule has 1 aliphatic rings. The third-order valence-corrected chi connectivity index (χ3v) is 3.97. The molecule has 2 aromatic heterocycles. The van der Waals surface area contributed by atoms with E-state index in [9.17, 15) is 0 Å². The van der Waals surface area contributed by atoms with Crippen molar-refractivity contribution in [3.05, 3.63) is 35.9 Å². The minimum Gasteiger partial charge on any atom is -0.350 e. The van der Waals surface area contributed by atoms with Gasteiger partial charge in [0.2, 0.25) is 5.13 Å². The monoisotopic (exact) mass is 260 g/mol. The van der Waals surface area contributed by atoms with Gasteiger partial charge in [-0.05, 0) is 25.0 Å². The van der Waals surface area contributed by atoms with Crippen molar-refractivity contribution in [2.45, 2.75) is 25.2 Å². The zero-order valence-electron chi connectivity index (χ0n) is 10.4. The third-order valence-electron chi connectivity index (χ3n) is 3.13. The molecule has 0 spiro atoms. The van der Waals surface area contributed by atoms with Gasteiger partial charge < -0.3 is 4.90 Å². The quantitative estimate of drug-likeness (QED) is 0.828. The molecule has 0 aliphatic heterocycles. The summed E-state index contributed by atoms with van der Waals surface area (Å²) in [4.78, 5) is 11.1. The zero-order valence-corrected chi connectivity index (χ0v) is 11.2. The number of rotatable bonds is 5. The SMILES string of the molecule is CN(CCc1ccccn1)c1nc(C2CC2)ns1. The fourth-order valence-corrected chi connectivity index (χ4v) is 2.54. The minimum absolute atomic E-state index is 0.638. The molecular weight excluding hydrogens is 244 g/mol. The summed E-state index contributed by atoms with van der Waals surface area (Å²) < 4.78 is 4.43. The topological polar surface area (TPSA) is 41.9 Å². The number of nitrogens with zero attached hydrogens (tertiary/aromatic N) is 4. The Morgan fingerprint density at radius 3 is 3.00 bits per heavy atom. The molecule has 5 heteroatoms. The van der Waals surface area contributed by atoms with Crippen molar-refractivity contribution < 1.29 is 0 Å². The standard InChI is InChI=1S/C13H16N4S/c1-17(9-7-11-4-2-3-8-14-11)13-15-12(16-18-13)10-5-6-10/h2-4,8,10H,5-7,9H2,1H3. The average molecular weight is 260 g/mol. The van der Waals surface area contributed by atoms with Crippen molar-refractivity contribution in [2.24, 2.45) is 0 Å². The Hall–Kier alpha value is -1.49. The van der Waals surface area contributed by atoms with Crippen molar-refractivity contribution in [1.29, 1.82) is 0 Å². The van der Waals surface area contributed by atoms with Crippen molar-refractivity contribution in [3.63, 3.8) is 0 Å². The second-order valence-corrected chi connectivity index (χ2v) is 5.43. The second-order valence-electron chi connectivity index (χ2n) is 4.70. The molecule has 3 rings (SSSR count). The molecule has 4 nitrogen and oxygen atoms in total. The van der Waals surface area contributed by atoms with Crippen LogP contribution in [0.25, 0.3) is 0 Å². The number of aromatic nitrogens is 3. The van der Waals surface area contributed by atoms with Gasteiger partial charge in [-0.15, -0.1) is 0 Å². The number of anilines is 1. The van der Waals surface area contributed by atoms with Gasteiger partial charge in [0, 0.05) is 49.4 Å². The summed E-state index contributed by atoms with van der Waals surface area (Å²) in [7, 11) is 2.07. The Kier molecular flexibility index (Phi) is 3.23. The molecule has 0 amide bonds. The molecule has 0 N–H and O–H groups in total. The molecule has 94 valence electrons. The Bertz CT molecular complexity index is 507. The lowest BCUT2D eigenvalue weighted by molar-refractivity contribution is 0.842. The zero-order chi connectivity index (χ0) is 12.4. The van der Waals surface area contributed by atoms with Crippen LogP contribution in [0.5, 0.6) is 0 Å². The van der Waals surface area contributed by atoms with Crippen LogP contribution in [0.2, 0.25) is 0 Å². The van der Waals surface area contributed by atoms with Gasteiger partial charge in [0.1, 0.15) is 5.82 Å². The molecule has 0 saturated heterocycles. The molecule has 0 radical (unpaired) electrons. The summed E-state index contributed by atoms with van der Waals surface area (Å²) in [6, 6.07) is 6.03. The third kappa shape index (κ3) is 2.67. The van der Waals surface area contributed by atoms with Crippen LogP contribution in [0.4, 0.5) is 5.13 Å². The van der Waals surface area contributed by atoms with Gasteiger partial charge in [-0.3, -0.25) is 4.98 Å². The van der Waals surface area contributed by atoms with E-state index in [4.69, 9.17) is 0 Å². The van der Waals surface area contributed by atoms with E-state index in [1.165, 1.54) is 24.4 Å². The number of hydrogen-bond acceptors (Lipinski definition) is 5. The lowest BCUT2D eigenvalue weighted by Crippen LogP contribution is -2.20. The van der Waals surface area contributed by atoms with E-state index in [0.717, 1.165) is 29.6 Å². The molecule has 1 saturated carbocycles. The van der Waals surface area contributed by atoms with Crippen molar-refractivity contribution in [1.82, 2.24) is 14.3 Å². The molecule has 0 atom stereocenters. The van der Waals surface area contributed by atoms with Gasteiger partial charge in [-0.1, -0.05) is 6.07 Å². The highest BCUT2D eigenvalue weighted by molar-refractivity contribution is 7.09. The first-order valence-electron chi connectivity index (χ1n) is 6.27. The highest BCUT2D eigenvalue weighted by Crippen LogP contribution is 2.39. The maximum Gasteiger partial charge on any atom is 0.204 e. The largest absolute Gasteiger partial charge is 0.350 e. The lowest BCUT2D eigenvalue weighted by atomic mass is 10.2. The van der Waals surface area contributed by atoms with Crippen molar-refractivity contribution in [2.75, 3.05) is 18.5 Å². The molecule has 1 aliphatic carbocycles. The molecule has 1 fully saturated rings. The van der Waals surface area contributed by atoms with E-state index in [-0.39, 0.29) is 0 Å². The minimum atomic E-state index is 0.638. The highest BCUT2D eigenvalue weighted by atomic mass is 32.1. The molecule has 0 unspecified atom stereocenters. The Morgan fingerprint density at radius 2 is 2.28 bits per heavy atom. The van der Waals surface area contributed by atoms with Crippen LogP contribution in [0.15, 0.2) is 24.4 Å². The second kappa shape index (κ2) is 5.02. The molecule has 2 heterocycles. The van der Waals surface area contributed by atoms with E-state index in [0.29, 0.717) is 5.92 Å². The van der Waals surface area contributed by atoms with E-state index < -0.39 is 0 Å². The first kappa shape index (κ1) is 11.6. The summed E-state index contributed by atoms with van der Waals surface area (Å²) in [6.07, 6.45) is 5.29. The summed E-state index contributed by atoms with van der Waals surface area (Å²) in [6.45, 7) is 0.927. The fourth-order valence-electron chi connectivity index (χ4n) is 1.81. The first-order chi connectivity index (χ1) is 8.83. The van der Waals surface area contributed by atoms with Gasteiger partial charge in [-0.25, -0.2) is 4.98 Å². The normalized spacial score (nSPS) is 14.7. The van der Waals surface area contributed by atoms with Crippen molar-refractivity contribution >= 4 is 16.7 Å². The summed E-state index contributed by atoms with van der Waals surface area (Å²) >= 11 is 1.51. The number of likely N-dealkylation sites (N-methyl/N-ethyl adjacent to an activating group) is 1. The van der Waals surface area contributed by atoms with Gasteiger partial charge >= 0.3 is 0 Å². The number of pyridine rings is 1. The average Bonchev–Trinajstić information content (AvgIpc) is 3.15. The van der Waals surface area contributed by atoms with Crippen LogP contribution in [0.1, 0.15) is 30.3 Å². The first-order valence-corrected chi connectivity index (χ1v) is 7.05. The van der Waals surface area contributed by atoms with Crippen LogP contribution >= 0.6 is 11.5 Å². The lowest BCUT2D eigenvalue weighted by Gasteiger charge is -2.14. The smallest absolute Gasteiger partial charge is 0.204 e. The fraction of sp³-hybridized carbons (Fsp3) is 0.462. The van der Waals surface area contributed by atoms with Gasteiger partial charge in [0.15, 0.2) is 0 Å².